The van der Waals surface area contributed by atoms with Crippen LogP contribution >= 0.6 is 27.3 Å². The molecule has 102 valence electrons. The van der Waals surface area contributed by atoms with Crippen molar-refractivity contribution >= 4 is 38.2 Å². The van der Waals surface area contributed by atoms with Gasteiger partial charge in [0.25, 0.3) is 0 Å². The quantitative estimate of drug-likeness (QED) is 0.778. The Morgan fingerprint density at radius 1 is 1.30 bits per heavy atom. The molecule has 0 bridgehead atoms. The number of benzene rings is 1. The Balaban J connectivity index is 1.94. The van der Waals surface area contributed by atoms with Gasteiger partial charge in [-0.3, -0.25) is 0 Å². The summed E-state index contributed by atoms with van der Waals surface area (Å²) in [6, 6.07) is 9.97. The molecule has 0 spiro atoms. The molecule has 2 N–H and O–H groups in total. The zero-order valence-corrected chi connectivity index (χ0v) is 13.4. The lowest BCUT2D eigenvalue weighted by molar-refractivity contribution is 0.685. The summed E-state index contributed by atoms with van der Waals surface area (Å²) in [4.78, 5) is 9.14. The highest BCUT2D eigenvalue weighted by Crippen LogP contribution is 2.27. The Morgan fingerprint density at radius 2 is 2.10 bits per heavy atom. The largest absolute Gasteiger partial charge is 0.322 e. The third-order valence-corrected chi connectivity index (χ3v) is 4.61. The second kappa shape index (κ2) is 5.60. The van der Waals surface area contributed by atoms with Crippen LogP contribution in [0, 0.1) is 6.92 Å². The maximum Gasteiger partial charge on any atom is 0.0897 e. The number of nitrogens with zero attached hydrogens (tertiary/aromatic N) is 2. The molecule has 2 aromatic heterocycles. The van der Waals surface area contributed by atoms with Crippen molar-refractivity contribution in [2.24, 2.45) is 5.73 Å². The third kappa shape index (κ3) is 2.75. The zero-order chi connectivity index (χ0) is 14.1. The van der Waals surface area contributed by atoms with Crippen molar-refractivity contribution in [2.75, 3.05) is 0 Å². The molecular weight excluding hydrogens is 334 g/mol. The number of thiazole rings is 1. The Labute approximate surface area is 130 Å². The van der Waals surface area contributed by atoms with Gasteiger partial charge >= 0.3 is 0 Å². The van der Waals surface area contributed by atoms with Crippen molar-refractivity contribution in [1.29, 1.82) is 0 Å². The van der Waals surface area contributed by atoms with E-state index in [9.17, 15) is 0 Å². The summed E-state index contributed by atoms with van der Waals surface area (Å²) in [5.74, 6) is 0. The summed E-state index contributed by atoms with van der Waals surface area (Å²) < 4.78 is 0.954. The van der Waals surface area contributed by atoms with Crippen molar-refractivity contribution < 1.29 is 0 Å². The van der Waals surface area contributed by atoms with Crippen molar-refractivity contribution in [3.8, 4) is 0 Å². The predicted molar refractivity (Wildman–Crippen MR) is 86.9 cm³/mol. The molecule has 0 aliphatic rings. The van der Waals surface area contributed by atoms with Crippen LogP contribution in [0.4, 0.5) is 0 Å². The first-order chi connectivity index (χ1) is 9.63. The van der Waals surface area contributed by atoms with Gasteiger partial charge in [-0.25, -0.2) is 9.97 Å². The van der Waals surface area contributed by atoms with Crippen LogP contribution in [0.15, 0.2) is 40.2 Å². The van der Waals surface area contributed by atoms with E-state index in [4.69, 9.17) is 5.73 Å². The van der Waals surface area contributed by atoms with Crippen molar-refractivity contribution in [3.63, 3.8) is 0 Å². The van der Waals surface area contributed by atoms with Gasteiger partial charge in [0.1, 0.15) is 0 Å². The lowest BCUT2D eigenvalue weighted by Crippen LogP contribution is -2.16. The monoisotopic (exact) mass is 347 g/mol. The highest BCUT2D eigenvalue weighted by atomic mass is 79.9. The molecule has 0 aliphatic carbocycles. The normalized spacial score (nSPS) is 12.8. The van der Waals surface area contributed by atoms with Gasteiger partial charge in [-0.05, 0) is 35.0 Å². The first-order valence-corrected chi connectivity index (χ1v) is 8.02. The van der Waals surface area contributed by atoms with Crippen LogP contribution in [-0.4, -0.2) is 9.97 Å². The first kappa shape index (κ1) is 13.7. The van der Waals surface area contributed by atoms with Crippen LogP contribution in [0.3, 0.4) is 0 Å². The molecule has 0 saturated carbocycles. The Bertz CT molecular complexity index is 754. The SMILES string of the molecule is Cc1nc(CC(N)c2nc3ccccc3cc2Br)cs1. The number of rotatable bonds is 3. The van der Waals surface area contributed by atoms with E-state index in [0.717, 1.165) is 31.8 Å². The highest BCUT2D eigenvalue weighted by Gasteiger charge is 2.15. The van der Waals surface area contributed by atoms with Crippen LogP contribution in [0.2, 0.25) is 0 Å². The number of pyridine rings is 1. The number of aryl methyl sites for hydroxylation is 1. The smallest absolute Gasteiger partial charge is 0.0897 e. The fourth-order valence-corrected chi connectivity index (χ4v) is 3.44. The van der Waals surface area contributed by atoms with E-state index in [1.165, 1.54) is 0 Å². The molecule has 0 fully saturated rings. The fourth-order valence-electron chi connectivity index (χ4n) is 2.19. The average molecular weight is 348 g/mol. The molecule has 3 nitrogen and oxygen atoms in total. The second-order valence-corrected chi connectivity index (χ2v) is 6.63. The lowest BCUT2D eigenvalue weighted by Gasteiger charge is -2.13. The number of hydrogen-bond acceptors (Lipinski definition) is 4. The van der Waals surface area contributed by atoms with E-state index in [-0.39, 0.29) is 6.04 Å². The van der Waals surface area contributed by atoms with Gasteiger partial charge in [0.05, 0.1) is 28.0 Å². The van der Waals surface area contributed by atoms with Gasteiger partial charge in [-0.1, -0.05) is 18.2 Å². The summed E-state index contributed by atoms with van der Waals surface area (Å²) in [6.07, 6.45) is 0.703. The molecule has 0 radical (unpaired) electrons. The summed E-state index contributed by atoms with van der Waals surface area (Å²) in [5.41, 5.74) is 9.18. The number of fused-ring (bicyclic) bond motifs is 1. The van der Waals surface area contributed by atoms with Crippen molar-refractivity contribution in [2.45, 2.75) is 19.4 Å². The molecule has 5 heteroatoms. The van der Waals surface area contributed by atoms with Crippen LogP contribution in [0.5, 0.6) is 0 Å². The van der Waals surface area contributed by atoms with Gasteiger partial charge in [-0.2, -0.15) is 0 Å². The number of nitrogens with two attached hydrogens (primary N) is 1. The van der Waals surface area contributed by atoms with E-state index in [2.05, 4.69) is 37.3 Å². The van der Waals surface area contributed by atoms with E-state index in [1.807, 2.05) is 31.2 Å². The molecule has 3 rings (SSSR count). The first-order valence-electron chi connectivity index (χ1n) is 6.35. The van der Waals surface area contributed by atoms with E-state index < -0.39 is 0 Å². The lowest BCUT2D eigenvalue weighted by atomic mass is 10.1. The maximum atomic E-state index is 6.30. The van der Waals surface area contributed by atoms with Crippen LogP contribution < -0.4 is 5.73 Å². The van der Waals surface area contributed by atoms with Crippen LogP contribution in [-0.2, 0) is 6.42 Å². The van der Waals surface area contributed by atoms with Gasteiger partial charge < -0.3 is 5.73 Å². The minimum atomic E-state index is -0.157. The number of aromatic nitrogens is 2. The van der Waals surface area contributed by atoms with Gasteiger partial charge in [0.15, 0.2) is 0 Å². The minimum absolute atomic E-state index is 0.157. The van der Waals surface area contributed by atoms with Crippen molar-refractivity contribution in [1.82, 2.24) is 9.97 Å². The van der Waals surface area contributed by atoms with Gasteiger partial charge in [0, 0.05) is 21.7 Å². The Hall–Kier alpha value is -1.30. The van der Waals surface area contributed by atoms with Crippen LogP contribution in [0.1, 0.15) is 22.4 Å². The van der Waals surface area contributed by atoms with E-state index in [0.29, 0.717) is 6.42 Å². The Morgan fingerprint density at radius 3 is 2.85 bits per heavy atom. The predicted octanol–water partition coefficient (Wildman–Crippen LogP) is 4.00. The fraction of sp³-hybridized carbons (Fsp3) is 0.200. The summed E-state index contributed by atoms with van der Waals surface area (Å²) in [6.45, 7) is 2.00. The molecule has 1 aromatic carbocycles. The molecule has 0 saturated heterocycles. The summed E-state index contributed by atoms with van der Waals surface area (Å²) >= 11 is 5.23. The molecular formula is C15H14BrN3S. The molecule has 2 heterocycles. The number of halogens is 1. The molecule has 1 atom stereocenters. The van der Waals surface area contributed by atoms with Gasteiger partial charge in [-0.15, -0.1) is 11.3 Å². The summed E-state index contributed by atoms with van der Waals surface area (Å²) in [7, 11) is 0. The molecule has 0 amide bonds. The molecule has 1 unspecified atom stereocenters. The van der Waals surface area contributed by atoms with Gasteiger partial charge in [0.2, 0.25) is 0 Å². The highest BCUT2D eigenvalue weighted by molar-refractivity contribution is 9.10. The number of hydrogen-bond donors (Lipinski definition) is 1. The molecule has 3 aromatic rings. The van der Waals surface area contributed by atoms with E-state index >= 15 is 0 Å². The minimum Gasteiger partial charge on any atom is -0.322 e. The average Bonchev–Trinajstić information content (AvgIpc) is 2.83. The standard InChI is InChI=1S/C15H14BrN3S/c1-9-18-11(8-20-9)7-13(17)15-12(16)6-10-4-2-3-5-14(10)19-15/h2-6,8,13H,7,17H2,1H3. The second-order valence-electron chi connectivity index (χ2n) is 4.72. The zero-order valence-electron chi connectivity index (χ0n) is 11.0. The van der Waals surface area contributed by atoms with Crippen molar-refractivity contribution in [3.05, 3.63) is 56.6 Å². The van der Waals surface area contributed by atoms with Crippen LogP contribution in [0.25, 0.3) is 10.9 Å². The topological polar surface area (TPSA) is 51.8 Å². The summed E-state index contributed by atoms with van der Waals surface area (Å²) in [5, 5.41) is 4.24. The van der Waals surface area contributed by atoms with E-state index in [1.54, 1.807) is 11.3 Å². The third-order valence-electron chi connectivity index (χ3n) is 3.15. The molecule has 0 aliphatic heterocycles. The number of para-hydroxylation sites is 1. The molecule has 20 heavy (non-hydrogen) atoms. The maximum absolute atomic E-state index is 6.30. The Kier molecular flexibility index (Phi) is 3.83.